The van der Waals surface area contributed by atoms with Crippen LogP contribution >= 0.6 is 23.5 Å². The second kappa shape index (κ2) is 14.1. The molecule has 0 spiro atoms. The number of carbonyl (C=O) groups excluding carboxylic acids is 5. The van der Waals surface area contributed by atoms with Crippen molar-refractivity contribution in [3.8, 4) is 22.8 Å². The van der Waals surface area contributed by atoms with Crippen molar-refractivity contribution in [3.05, 3.63) is 53.2 Å². The van der Waals surface area contributed by atoms with Gasteiger partial charge in [-0.1, -0.05) is 0 Å². The maximum atomic E-state index is 13.3. The number of nitrogens with one attached hydrogen (secondary N) is 1. The molecule has 1 fully saturated rings. The van der Waals surface area contributed by atoms with Crippen molar-refractivity contribution in [2.24, 2.45) is 5.92 Å². The zero-order chi connectivity index (χ0) is 35.9. The first-order chi connectivity index (χ1) is 23.7. The highest BCUT2D eigenvalue weighted by Gasteiger charge is 2.54. The van der Waals surface area contributed by atoms with Crippen molar-refractivity contribution in [1.82, 2.24) is 14.8 Å². The predicted molar refractivity (Wildman–Crippen MR) is 189 cm³/mol. The standard InChI is InChI=1S/C36H39N3O9S2/c1-19(40)45-14-20-17-50-34-26(33(43)39(34)32(20)35(44)48-36(2,3)4)11-21(41)15-46-23-7-9-24-29(13-23)49-18-27-25-12-22(47-16-30(42)38(5)6)8-10-28(25)37-31(24)27/h7-10,12-13,26,34,37H,11,14-18H2,1-6H3. The summed E-state index contributed by atoms with van der Waals surface area (Å²) in [6, 6.07) is 11.5. The number of ether oxygens (including phenoxy) is 4. The minimum atomic E-state index is -0.793. The Balaban J connectivity index is 1.09. The minimum absolute atomic E-state index is 0.0268. The van der Waals surface area contributed by atoms with Gasteiger partial charge in [-0.25, -0.2) is 4.79 Å². The molecule has 2 aromatic carbocycles. The number of thioether (sulfide) groups is 2. The first-order valence-electron chi connectivity index (χ1n) is 16.1. The Labute approximate surface area is 298 Å². The van der Waals surface area contributed by atoms with Gasteiger partial charge in [0.25, 0.3) is 5.91 Å². The Morgan fingerprint density at radius 1 is 1.00 bits per heavy atom. The Morgan fingerprint density at radius 2 is 1.72 bits per heavy atom. The van der Waals surface area contributed by atoms with E-state index >= 15 is 0 Å². The van der Waals surface area contributed by atoms with Crippen LogP contribution in [0.5, 0.6) is 11.5 Å². The summed E-state index contributed by atoms with van der Waals surface area (Å²) in [4.78, 5) is 70.4. The summed E-state index contributed by atoms with van der Waals surface area (Å²) in [5.74, 6) is -0.223. The molecule has 264 valence electrons. The van der Waals surface area contributed by atoms with E-state index < -0.39 is 28.8 Å². The topological polar surface area (TPSA) is 145 Å². The van der Waals surface area contributed by atoms with Crippen molar-refractivity contribution in [3.63, 3.8) is 0 Å². The third-order valence-electron chi connectivity index (χ3n) is 8.38. The Hall–Kier alpha value is -4.43. The van der Waals surface area contributed by atoms with Gasteiger partial charge in [-0.15, -0.1) is 23.5 Å². The summed E-state index contributed by atoms with van der Waals surface area (Å²) in [7, 11) is 3.38. The number of fused-ring (bicyclic) bond motifs is 6. The SMILES string of the molecule is CC(=O)OCC1=C(C(=O)OC(C)(C)C)N2C(=O)C(CC(=O)COc3ccc4c(c3)SCc3c-4[nH]c4ccc(OCC(=O)N(C)C)cc34)C2SC1. The molecule has 0 aliphatic carbocycles. The van der Waals surface area contributed by atoms with Gasteiger partial charge in [-0.3, -0.25) is 24.1 Å². The molecular weight excluding hydrogens is 683 g/mol. The maximum absolute atomic E-state index is 13.3. The Morgan fingerprint density at radius 3 is 2.44 bits per heavy atom. The van der Waals surface area contributed by atoms with Crippen molar-refractivity contribution in [1.29, 1.82) is 0 Å². The Bertz CT molecular complexity index is 1930. The molecule has 12 nitrogen and oxygen atoms in total. The fourth-order valence-corrected chi connectivity index (χ4v) is 8.46. The molecule has 3 aliphatic heterocycles. The highest BCUT2D eigenvalue weighted by atomic mass is 32.2. The second-order valence-electron chi connectivity index (χ2n) is 13.5. The van der Waals surface area contributed by atoms with E-state index in [0.717, 1.165) is 32.6 Å². The summed E-state index contributed by atoms with van der Waals surface area (Å²) in [6.45, 7) is 6.12. The number of carbonyl (C=O) groups is 5. The smallest absolute Gasteiger partial charge is 0.355 e. The monoisotopic (exact) mass is 721 g/mol. The lowest BCUT2D eigenvalue weighted by Crippen LogP contribution is -2.62. The van der Waals surface area contributed by atoms with Crippen LogP contribution in [0, 0.1) is 5.92 Å². The number of ketones is 1. The van der Waals surface area contributed by atoms with Crippen molar-refractivity contribution >= 4 is 64.0 Å². The molecule has 3 aromatic rings. The fraction of sp³-hybridized carbons (Fsp3) is 0.417. The molecule has 6 rings (SSSR count). The second-order valence-corrected chi connectivity index (χ2v) is 15.6. The number of amides is 2. The number of likely N-dealkylation sites (N-methyl/N-ethyl adjacent to an activating group) is 1. The van der Waals surface area contributed by atoms with Gasteiger partial charge in [0.1, 0.15) is 36.0 Å². The quantitative estimate of drug-likeness (QED) is 0.213. The van der Waals surface area contributed by atoms with Crippen molar-refractivity contribution < 1.29 is 42.9 Å². The van der Waals surface area contributed by atoms with E-state index in [9.17, 15) is 24.0 Å². The first-order valence-corrected chi connectivity index (χ1v) is 18.2. The number of aromatic amines is 1. The number of hydrogen-bond acceptors (Lipinski definition) is 11. The van der Waals surface area contributed by atoms with Crippen LogP contribution in [-0.4, -0.2) is 95.0 Å². The molecule has 3 aliphatic rings. The van der Waals surface area contributed by atoms with Gasteiger partial charge in [0.15, 0.2) is 12.4 Å². The van der Waals surface area contributed by atoms with E-state index in [1.807, 2.05) is 36.4 Å². The van der Waals surface area contributed by atoms with E-state index in [1.54, 1.807) is 46.6 Å². The number of hydrogen-bond donors (Lipinski definition) is 1. The summed E-state index contributed by atoms with van der Waals surface area (Å²) < 4.78 is 22.4. The number of rotatable bonds is 11. The number of esters is 2. The largest absolute Gasteiger partial charge is 0.486 e. The van der Waals surface area contributed by atoms with Gasteiger partial charge in [0.05, 0.1) is 17.0 Å². The molecule has 2 amide bonds. The van der Waals surface area contributed by atoms with E-state index in [2.05, 4.69) is 4.98 Å². The highest BCUT2D eigenvalue weighted by Crippen LogP contribution is 2.47. The minimum Gasteiger partial charge on any atom is -0.486 e. The van der Waals surface area contributed by atoms with E-state index in [-0.39, 0.29) is 49.5 Å². The van der Waals surface area contributed by atoms with E-state index in [4.69, 9.17) is 18.9 Å². The number of aromatic nitrogens is 1. The third-order valence-corrected chi connectivity index (χ3v) is 10.9. The fourth-order valence-electron chi connectivity index (χ4n) is 5.94. The molecule has 14 heteroatoms. The molecule has 4 heterocycles. The average Bonchev–Trinajstić information content (AvgIpc) is 3.44. The predicted octanol–water partition coefficient (Wildman–Crippen LogP) is 4.94. The molecule has 2 unspecified atom stereocenters. The lowest BCUT2D eigenvalue weighted by Gasteiger charge is -2.50. The van der Waals surface area contributed by atoms with Gasteiger partial charge in [0, 0.05) is 65.9 Å². The third kappa shape index (κ3) is 7.36. The van der Waals surface area contributed by atoms with Gasteiger partial charge in [-0.2, -0.15) is 0 Å². The maximum Gasteiger partial charge on any atom is 0.355 e. The molecule has 1 N–H and O–H groups in total. The number of nitrogens with zero attached hydrogens (tertiary/aromatic N) is 2. The van der Waals surface area contributed by atoms with Crippen LogP contribution in [0.2, 0.25) is 0 Å². The molecular formula is C36H39N3O9S2. The van der Waals surface area contributed by atoms with Crippen LogP contribution in [0.3, 0.4) is 0 Å². The van der Waals surface area contributed by atoms with Gasteiger partial charge in [-0.05, 0) is 62.7 Å². The van der Waals surface area contributed by atoms with Crippen LogP contribution in [0.1, 0.15) is 39.7 Å². The van der Waals surface area contributed by atoms with Crippen LogP contribution < -0.4 is 9.47 Å². The van der Waals surface area contributed by atoms with Gasteiger partial charge in [0.2, 0.25) is 5.91 Å². The summed E-state index contributed by atoms with van der Waals surface area (Å²) >= 11 is 3.09. The lowest BCUT2D eigenvalue weighted by atomic mass is 9.90. The molecule has 1 saturated heterocycles. The van der Waals surface area contributed by atoms with Crippen LogP contribution in [0.4, 0.5) is 0 Å². The van der Waals surface area contributed by atoms with E-state index in [0.29, 0.717) is 28.6 Å². The summed E-state index contributed by atoms with van der Waals surface area (Å²) in [6.07, 6.45) is -0.0268. The summed E-state index contributed by atoms with van der Waals surface area (Å²) in [5, 5.41) is 0.623. The first kappa shape index (κ1) is 35.4. The van der Waals surface area contributed by atoms with Crippen molar-refractivity contribution in [2.45, 2.75) is 55.7 Å². The molecule has 0 radical (unpaired) electrons. The molecule has 0 bridgehead atoms. The lowest BCUT2D eigenvalue weighted by molar-refractivity contribution is -0.161. The molecule has 1 aromatic heterocycles. The van der Waals surface area contributed by atoms with Crippen molar-refractivity contribution in [2.75, 3.05) is 39.7 Å². The normalized spacial score (nSPS) is 18.0. The molecule has 50 heavy (non-hydrogen) atoms. The van der Waals surface area contributed by atoms with Crippen LogP contribution in [0.25, 0.3) is 22.2 Å². The van der Waals surface area contributed by atoms with Crippen LogP contribution in [0.15, 0.2) is 52.6 Å². The number of benzene rings is 2. The zero-order valence-corrected chi connectivity index (χ0v) is 30.4. The highest BCUT2D eigenvalue weighted by molar-refractivity contribution is 8.00. The Kier molecular flexibility index (Phi) is 9.95. The average molecular weight is 722 g/mol. The number of β-lactam (4-membered cyclic amide) rings is 1. The summed E-state index contributed by atoms with van der Waals surface area (Å²) in [5.41, 5.74) is 3.93. The molecule has 0 saturated carbocycles. The number of H-pyrrole nitrogens is 1. The van der Waals surface area contributed by atoms with E-state index in [1.165, 1.54) is 28.5 Å². The van der Waals surface area contributed by atoms with Gasteiger partial charge >= 0.3 is 11.9 Å². The zero-order valence-electron chi connectivity index (χ0n) is 28.7. The number of Topliss-reactive ketones (excluding diaryl/α,β-unsaturated/α-hetero) is 1. The molecule has 2 atom stereocenters. The van der Waals surface area contributed by atoms with Crippen LogP contribution in [-0.2, 0) is 39.2 Å². The van der Waals surface area contributed by atoms with Gasteiger partial charge < -0.3 is 28.8 Å².